The van der Waals surface area contributed by atoms with Crippen molar-refractivity contribution >= 4 is 38.9 Å². The molecule has 0 heterocycles. The second kappa shape index (κ2) is 6.78. The zero-order valence-corrected chi connectivity index (χ0v) is 14.7. The molecule has 0 aliphatic rings. The third-order valence-corrected chi connectivity index (χ3v) is 4.81. The summed E-state index contributed by atoms with van der Waals surface area (Å²) in [5.41, 5.74) is 1.42. The molecule has 0 spiro atoms. The van der Waals surface area contributed by atoms with E-state index in [1.54, 1.807) is 12.1 Å². The highest BCUT2D eigenvalue weighted by atomic mass is 35.5. The van der Waals surface area contributed by atoms with Crippen molar-refractivity contribution in [2.75, 3.05) is 0 Å². The van der Waals surface area contributed by atoms with Gasteiger partial charge in [0, 0.05) is 10.6 Å². The van der Waals surface area contributed by atoms with Crippen molar-refractivity contribution in [2.45, 2.75) is 18.7 Å². The number of nitrogens with zero attached hydrogens (tertiary/aromatic N) is 1. The minimum Gasteiger partial charge on any atom is -0.506 e. The molecule has 0 saturated heterocycles. The van der Waals surface area contributed by atoms with Gasteiger partial charge in [0.05, 0.1) is 15.6 Å². The Morgan fingerprint density at radius 2 is 1.78 bits per heavy atom. The van der Waals surface area contributed by atoms with Crippen LogP contribution >= 0.6 is 23.2 Å². The largest absolute Gasteiger partial charge is 0.506 e. The summed E-state index contributed by atoms with van der Waals surface area (Å²) >= 11 is 11.7. The zero-order valence-electron chi connectivity index (χ0n) is 12.3. The molecule has 5 nitrogen and oxygen atoms in total. The van der Waals surface area contributed by atoms with Crippen molar-refractivity contribution in [3.05, 3.63) is 57.6 Å². The van der Waals surface area contributed by atoms with Crippen molar-refractivity contribution < 1.29 is 13.5 Å². The van der Waals surface area contributed by atoms with Crippen molar-refractivity contribution in [3.8, 4) is 5.75 Å². The maximum absolute atomic E-state index is 12.2. The average molecular weight is 373 g/mol. The number of phenolic OH excluding ortho intramolecular Hbond substituents is 1. The Bertz CT molecular complexity index is 863. The first-order chi connectivity index (χ1) is 10.7. The van der Waals surface area contributed by atoms with Crippen LogP contribution in [-0.2, 0) is 10.0 Å². The van der Waals surface area contributed by atoms with Crippen LogP contribution in [0.15, 0.2) is 46.4 Å². The molecule has 0 aliphatic heterocycles. The van der Waals surface area contributed by atoms with Crippen molar-refractivity contribution in [2.24, 2.45) is 5.10 Å². The molecule has 0 saturated carbocycles. The van der Waals surface area contributed by atoms with E-state index in [0.29, 0.717) is 5.02 Å². The number of halogens is 2. The molecule has 0 bridgehead atoms. The quantitative estimate of drug-likeness (QED) is 0.634. The Balaban J connectivity index is 2.31. The summed E-state index contributed by atoms with van der Waals surface area (Å²) in [6, 6.07) is 9.17. The van der Waals surface area contributed by atoms with Crippen LogP contribution in [0.5, 0.6) is 5.75 Å². The second-order valence-electron chi connectivity index (χ2n) is 4.89. The predicted octanol–water partition coefficient (Wildman–Crippen LogP) is 3.71. The monoisotopic (exact) mass is 372 g/mol. The second-order valence-corrected chi connectivity index (χ2v) is 7.39. The van der Waals surface area contributed by atoms with Crippen LogP contribution in [0.3, 0.4) is 0 Å². The Hall–Kier alpha value is -1.76. The van der Waals surface area contributed by atoms with Crippen LogP contribution in [0.2, 0.25) is 10.0 Å². The van der Waals surface area contributed by atoms with E-state index in [2.05, 4.69) is 9.93 Å². The van der Waals surface area contributed by atoms with Crippen LogP contribution in [0.1, 0.15) is 18.1 Å². The normalized spacial score (nSPS) is 12.3. The molecule has 2 aromatic carbocycles. The molecule has 23 heavy (non-hydrogen) atoms. The highest BCUT2D eigenvalue weighted by molar-refractivity contribution is 7.89. The van der Waals surface area contributed by atoms with Crippen LogP contribution in [0.4, 0.5) is 0 Å². The Morgan fingerprint density at radius 1 is 1.17 bits per heavy atom. The van der Waals surface area contributed by atoms with E-state index < -0.39 is 10.0 Å². The fraction of sp³-hybridized carbons (Fsp3) is 0.133. The molecular weight excluding hydrogens is 359 g/mol. The summed E-state index contributed by atoms with van der Waals surface area (Å²) in [6.07, 6.45) is 0. The van der Waals surface area contributed by atoms with E-state index in [9.17, 15) is 13.5 Å². The van der Waals surface area contributed by atoms with Gasteiger partial charge in [-0.25, -0.2) is 0 Å². The van der Waals surface area contributed by atoms with Crippen LogP contribution in [0, 0.1) is 6.92 Å². The molecule has 0 aromatic heterocycles. The zero-order chi connectivity index (χ0) is 17.2. The highest BCUT2D eigenvalue weighted by Crippen LogP contribution is 2.31. The molecule has 8 heteroatoms. The molecule has 0 aliphatic carbocycles. The lowest BCUT2D eigenvalue weighted by atomic mass is 10.1. The lowest BCUT2D eigenvalue weighted by molar-refractivity contribution is 0.474. The van der Waals surface area contributed by atoms with Gasteiger partial charge in [0.1, 0.15) is 5.75 Å². The molecule has 2 aromatic rings. The molecule has 0 amide bonds. The van der Waals surface area contributed by atoms with Gasteiger partial charge in [0.15, 0.2) is 0 Å². The van der Waals surface area contributed by atoms with Gasteiger partial charge in [0.2, 0.25) is 0 Å². The van der Waals surface area contributed by atoms with Gasteiger partial charge in [-0.1, -0.05) is 40.9 Å². The SMILES string of the molecule is C/C(=N\NS(=O)(=O)c1ccc(C)cc1)c1cc(Cl)cc(Cl)c1O. The van der Waals surface area contributed by atoms with Gasteiger partial charge in [-0.2, -0.15) is 18.4 Å². The number of hydrazone groups is 1. The minimum absolute atomic E-state index is 0.0587. The Kier molecular flexibility index (Phi) is 5.19. The van der Waals surface area contributed by atoms with Crippen LogP contribution in [0.25, 0.3) is 0 Å². The van der Waals surface area contributed by atoms with Crippen LogP contribution in [-0.4, -0.2) is 19.2 Å². The first kappa shape index (κ1) is 17.6. The molecule has 2 rings (SSSR count). The van der Waals surface area contributed by atoms with E-state index in [1.165, 1.54) is 31.2 Å². The van der Waals surface area contributed by atoms with Gasteiger partial charge in [-0.3, -0.25) is 0 Å². The smallest absolute Gasteiger partial charge is 0.276 e. The fourth-order valence-corrected chi connectivity index (χ4v) is 3.15. The molecule has 0 atom stereocenters. The summed E-state index contributed by atoms with van der Waals surface area (Å²) in [5.74, 6) is -0.216. The molecular formula is C15H14Cl2N2O3S. The highest BCUT2D eigenvalue weighted by Gasteiger charge is 2.14. The van der Waals surface area contributed by atoms with Crippen molar-refractivity contribution in [1.82, 2.24) is 4.83 Å². The maximum atomic E-state index is 12.2. The third-order valence-electron chi connectivity index (χ3n) is 3.08. The number of rotatable bonds is 4. The van der Waals surface area contributed by atoms with E-state index in [1.807, 2.05) is 6.92 Å². The lowest BCUT2D eigenvalue weighted by Crippen LogP contribution is -2.20. The maximum Gasteiger partial charge on any atom is 0.276 e. The number of nitrogens with one attached hydrogen (secondary N) is 1. The standard InChI is InChI=1S/C15H14Cl2N2O3S/c1-9-3-5-12(6-4-9)23(21,22)19-18-10(2)13-7-11(16)8-14(17)15(13)20/h3-8,19-20H,1-2H3/b18-10+. The topological polar surface area (TPSA) is 78.8 Å². The number of sulfonamides is 1. The van der Waals surface area contributed by atoms with Gasteiger partial charge >= 0.3 is 0 Å². The van der Waals surface area contributed by atoms with E-state index in [0.717, 1.165) is 5.56 Å². The summed E-state index contributed by atoms with van der Waals surface area (Å²) < 4.78 is 24.3. The first-order valence-corrected chi connectivity index (χ1v) is 8.76. The number of phenols is 1. The Labute approximate surface area is 144 Å². The minimum atomic E-state index is -3.80. The third kappa shape index (κ3) is 4.16. The lowest BCUT2D eigenvalue weighted by Gasteiger charge is -2.08. The summed E-state index contributed by atoms with van der Waals surface area (Å²) in [5, 5.41) is 14.1. The average Bonchev–Trinajstić information content (AvgIpc) is 2.49. The summed E-state index contributed by atoms with van der Waals surface area (Å²) in [7, 11) is -3.80. The number of hydrogen-bond acceptors (Lipinski definition) is 4. The van der Waals surface area contributed by atoms with Crippen molar-refractivity contribution in [3.63, 3.8) is 0 Å². The molecule has 0 radical (unpaired) electrons. The number of benzene rings is 2. The predicted molar refractivity (Wildman–Crippen MR) is 91.8 cm³/mol. The number of hydrogen-bond donors (Lipinski definition) is 2. The fourth-order valence-electron chi connectivity index (χ4n) is 1.80. The summed E-state index contributed by atoms with van der Waals surface area (Å²) in [4.78, 5) is 2.21. The van der Waals surface area contributed by atoms with E-state index in [-0.39, 0.29) is 26.9 Å². The van der Waals surface area contributed by atoms with Crippen molar-refractivity contribution in [1.29, 1.82) is 0 Å². The number of aryl methyl sites for hydroxylation is 1. The van der Waals surface area contributed by atoms with E-state index >= 15 is 0 Å². The number of aromatic hydroxyl groups is 1. The van der Waals surface area contributed by atoms with Gasteiger partial charge < -0.3 is 5.11 Å². The molecule has 0 unspecified atom stereocenters. The first-order valence-electron chi connectivity index (χ1n) is 6.52. The molecule has 122 valence electrons. The van der Waals surface area contributed by atoms with Gasteiger partial charge in [-0.05, 0) is 38.1 Å². The Morgan fingerprint density at radius 3 is 2.39 bits per heavy atom. The summed E-state index contributed by atoms with van der Waals surface area (Å²) in [6.45, 7) is 3.39. The van der Waals surface area contributed by atoms with E-state index in [4.69, 9.17) is 23.2 Å². The molecule has 0 fully saturated rings. The van der Waals surface area contributed by atoms with Gasteiger partial charge in [0.25, 0.3) is 10.0 Å². The van der Waals surface area contributed by atoms with Crippen LogP contribution < -0.4 is 4.83 Å². The molecule has 2 N–H and O–H groups in total. The van der Waals surface area contributed by atoms with Gasteiger partial charge in [-0.15, -0.1) is 0 Å².